The highest BCUT2D eigenvalue weighted by Gasteiger charge is 2.14. The third-order valence-corrected chi connectivity index (χ3v) is 5.11. The van der Waals surface area contributed by atoms with Crippen LogP contribution in [0.3, 0.4) is 0 Å². The SMILES string of the molecule is COc1ccc2cc(-c3nnc(Nc4ccc(OC)c(OC)c4)s3)c(=O)oc2c1. The second-order valence-electron chi connectivity index (χ2n) is 5.96. The Hall–Kier alpha value is -3.59. The van der Waals surface area contributed by atoms with Gasteiger partial charge in [-0.1, -0.05) is 11.3 Å². The molecule has 0 aliphatic heterocycles. The minimum Gasteiger partial charge on any atom is -0.497 e. The van der Waals surface area contributed by atoms with E-state index in [4.69, 9.17) is 18.6 Å². The Morgan fingerprint density at radius 2 is 1.76 bits per heavy atom. The number of rotatable bonds is 6. The average molecular weight is 411 g/mol. The highest BCUT2D eigenvalue weighted by molar-refractivity contribution is 7.18. The van der Waals surface area contributed by atoms with Crippen molar-refractivity contribution < 1.29 is 18.6 Å². The van der Waals surface area contributed by atoms with E-state index in [0.29, 0.717) is 38.5 Å². The summed E-state index contributed by atoms with van der Waals surface area (Å²) < 4.78 is 21.1. The molecule has 29 heavy (non-hydrogen) atoms. The monoisotopic (exact) mass is 411 g/mol. The van der Waals surface area contributed by atoms with Gasteiger partial charge in [0.25, 0.3) is 0 Å². The molecule has 2 heterocycles. The smallest absolute Gasteiger partial charge is 0.346 e. The number of aromatic nitrogens is 2. The minimum absolute atomic E-state index is 0.348. The zero-order valence-electron chi connectivity index (χ0n) is 15.9. The predicted molar refractivity (Wildman–Crippen MR) is 111 cm³/mol. The summed E-state index contributed by atoms with van der Waals surface area (Å²) in [5.74, 6) is 1.83. The second-order valence-corrected chi connectivity index (χ2v) is 6.94. The highest BCUT2D eigenvalue weighted by atomic mass is 32.1. The Labute approximate surface area is 169 Å². The summed E-state index contributed by atoms with van der Waals surface area (Å²) in [7, 11) is 4.70. The van der Waals surface area contributed by atoms with Crippen molar-refractivity contribution in [3.05, 3.63) is 52.9 Å². The molecule has 0 bridgehead atoms. The van der Waals surface area contributed by atoms with Gasteiger partial charge < -0.3 is 23.9 Å². The maximum absolute atomic E-state index is 12.4. The summed E-state index contributed by atoms with van der Waals surface area (Å²) in [6.07, 6.45) is 0. The molecule has 9 heteroatoms. The van der Waals surface area contributed by atoms with E-state index in [1.807, 2.05) is 12.1 Å². The van der Waals surface area contributed by atoms with E-state index in [1.54, 1.807) is 51.7 Å². The van der Waals surface area contributed by atoms with Crippen molar-refractivity contribution in [2.24, 2.45) is 0 Å². The number of nitrogens with zero attached hydrogens (tertiary/aromatic N) is 2. The first kappa shape index (κ1) is 18.8. The van der Waals surface area contributed by atoms with E-state index in [-0.39, 0.29) is 0 Å². The van der Waals surface area contributed by atoms with Crippen molar-refractivity contribution in [2.75, 3.05) is 26.6 Å². The summed E-state index contributed by atoms with van der Waals surface area (Å²) in [5, 5.41) is 13.2. The van der Waals surface area contributed by atoms with E-state index in [1.165, 1.54) is 11.3 Å². The fourth-order valence-corrected chi connectivity index (χ4v) is 3.56. The Balaban J connectivity index is 1.64. The van der Waals surface area contributed by atoms with Crippen LogP contribution in [0.2, 0.25) is 0 Å². The molecule has 8 nitrogen and oxygen atoms in total. The third kappa shape index (κ3) is 3.72. The highest BCUT2D eigenvalue weighted by Crippen LogP contribution is 2.33. The molecule has 0 amide bonds. The molecule has 0 atom stereocenters. The lowest BCUT2D eigenvalue weighted by atomic mass is 10.2. The number of nitrogens with one attached hydrogen (secondary N) is 1. The molecule has 4 aromatic rings. The molecule has 4 rings (SSSR count). The number of hydrogen-bond donors (Lipinski definition) is 1. The summed E-state index contributed by atoms with van der Waals surface area (Å²) in [5.41, 5.74) is 1.06. The van der Waals surface area contributed by atoms with Crippen molar-refractivity contribution in [2.45, 2.75) is 0 Å². The first-order chi connectivity index (χ1) is 14.1. The molecular formula is C20H17N3O5S. The van der Waals surface area contributed by atoms with Crippen LogP contribution in [0, 0.1) is 0 Å². The maximum atomic E-state index is 12.4. The molecule has 0 saturated heterocycles. The zero-order valence-corrected chi connectivity index (χ0v) is 16.7. The van der Waals surface area contributed by atoms with Gasteiger partial charge in [0.05, 0.1) is 26.9 Å². The molecule has 2 aromatic heterocycles. The fraction of sp³-hybridized carbons (Fsp3) is 0.150. The summed E-state index contributed by atoms with van der Waals surface area (Å²) in [4.78, 5) is 12.4. The molecule has 0 spiro atoms. The maximum Gasteiger partial charge on any atom is 0.346 e. The van der Waals surface area contributed by atoms with Crippen molar-refractivity contribution in [3.63, 3.8) is 0 Å². The summed E-state index contributed by atoms with van der Waals surface area (Å²) in [6, 6.07) is 12.4. The van der Waals surface area contributed by atoms with Crippen LogP contribution in [-0.2, 0) is 0 Å². The lowest BCUT2D eigenvalue weighted by Gasteiger charge is -2.09. The molecule has 0 saturated carbocycles. The van der Waals surface area contributed by atoms with Gasteiger partial charge in [-0.15, -0.1) is 10.2 Å². The fourth-order valence-electron chi connectivity index (χ4n) is 2.79. The molecule has 0 unspecified atom stereocenters. The second kappa shape index (κ2) is 7.80. The Morgan fingerprint density at radius 1 is 0.931 bits per heavy atom. The first-order valence-corrected chi connectivity index (χ1v) is 9.37. The Bertz CT molecular complexity index is 1230. The topological polar surface area (TPSA) is 95.7 Å². The standard InChI is InChI=1S/C20H17N3O5S/c1-25-13-6-4-11-8-14(19(24)28-16(11)10-13)18-22-23-20(29-18)21-12-5-7-15(26-2)17(9-12)27-3/h4-10H,1-3H3,(H,21,23). The van der Waals surface area contributed by atoms with Gasteiger partial charge in [-0.3, -0.25) is 0 Å². The van der Waals surface area contributed by atoms with E-state index >= 15 is 0 Å². The van der Waals surface area contributed by atoms with Gasteiger partial charge in [0, 0.05) is 23.2 Å². The number of hydrogen-bond acceptors (Lipinski definition) is 9. The van der Waals surface area contributed by atoms with Crippen LogP contribution >= 0.6 is 11.3 Å². The third-order valence-electron chi connectivity index (χ3n) is 4.23. The Morgan fingerprint density at radius 3 is 2.52 bits per heavy atom. The normalized spacial score (nSPS) is 10.7. The van der Waals surface area contributed by atoms with Gasteiger partial charge in [-0.25, -0.2) is 4.79 Å². The number of anilines is 2. The van der Waals surface area contributed by atoms with Crippen molar-refractivity contribution in [1.82, 2.24) is 10.2 Å². The minimum atomic E-state index is -0.487. The van der Waals surface area contributed by atoms with Gasteiger partial charge in [0.15, 0.2) is 16.5 Å². The van der Waals surface area contributed by atoms with Crippen LogP contribution in [0.15, 0.2) is 51.7 Å². The van der Waals surface area contributed by atoms with E-state index in [2.05, 4.69) is 15.5 Å². The quantitative estimate of drug-likeness (QED) is 0.474. The lowest BCUT2D eigenvalue weighted by molar-refractivity contribution is 0.355. The molecule has 2 aromatic carbocycles. The van der Waals surface area contributed by atoms with E-state index in [9.17, 15) is 4.79 Å². The van der Waals surface area contributed by atoms with E-state index in [0.717, 1.165) is 11.1 Å². The average Bonchev–Trinajstić information content (AvgIpc) is 3.20. The lowest BCUT2D eigenvalue weighted by Crippen LogP contribution is -2.02. The molecule has 1 N–H and O–H groups in total. The van der Waals surface area contributed by atoms with Crippen LogP contribution in [0.1, 0.15) is 0 Å². The van der Waals surface area contributed by atoms with Crippen LogP contribution in [0.5, 0.6) is 17.2 Å². The molecule has 148 valence electrons. The molecule has 0 aliphatic carbocycles. The Kier molecular flexibility index (Phi) is 5.05. The van der Waals surface area contributed by atoms with Crippen LogP contribution in [-0.4, -0.2) is 31.5 Å². The predicted octanol–water partition coefficient (Wildman–Crippen LogP) is 4.08. The molecular weight excluding hydrogens is 394 g/mol. The number of methoxy groups -OCH3 is 3. The molecule has 0 radical (unpaired) electrons. The van der Waals surface area contributed by atoms with Crippen molar-refractivity contribution >= 4 is 33.1 Å². The van der Waals surface area contributed by atoms with Gasteiger partial charge >= 0.3 is 5.63 Å². The van der Waals surface area contributed by atoms with Crippen LogP contribution < -0.4 is 25.2 Å². The van der Waals surface area contributed by atoms with Gasteiger partial charge in [-0.2, -0.15) is 0 Å². The van der Waals surface area contributed by atoms with Gasteiger partial charge in [0.2, 0.25) is 5.13 Å². The first-order valence-electron chi connectivity index (χ1n) is 8.56. The van der Waals surface area contributed by atoms with Crippen LogP contribution in [0.4, 0.5) is 10.8 Å². The van der Waals surface area contributed by atoms with Gasteiger partial charge in [0.1, 0.15) is 11.3 Å². The van der Waals surface area contributed by atoms with Crippen molar-refractivity contribution in [1.29, 1.82) is 0 Å². The number of benzene rings is 2. The zero-order chi connectivity index (χ0) is 20.4. The molecule has 0 aliphatic rings. The van der Waals surface area contributed by atoms with E-state index < -0.39 is 5.63 Å². The molecule has 0 fully saturated rings. The number of ether oxygens (including phenoxy) is 3. The summed E-state index contributed by atoms with van der Waals surface area (Å²) >= 11 is 1.24. The summed E-state index contributed by atoms with van der Waals surface area (Å²) in [6.45, 7) is 0. The number of fused-ring (bicyclic) bond motifs is 1. The largest absolute Gasteiger partial charge is 0.497 e. The van der Waals surface area contributed by atoms with Crippen LogP contribution in [0.25, 0.3) is 21.5 Å². The van der Waals surface area contributed by atoms with Crippen molar-refractivity contribution in [3.8, 4) is 27.8 Å². The van der Waals surface area contributed by atoms with Gasteiger partial charge in [-0.05, 0) is 30.3 Å².